The lowest BCUT2D eigenvalue weighted by molar-refractivity contribution is -0.230. The first-order chi connectivity index (χ1) is 6.20. The zero-order valence-electron chi connectivity index (χ0n) is 8.09. The summed E-state index contributed by atoms with van der Waals surface area (Å²) in [6.07, 6.45) is 1.28. The third-order valence-corrected chi connectivity index (χ3v) is 2.36. The maximum Gasteiger partial charge on any atom is 0.110 e. The molecule has 0 aliphatic rings. The molecule has 0 amide bonds. The van der Waals surface area contributed by atoms with Crippen LogP contribution in [0.4, 0.5) is 4.53 Å². The third kappa shape index (κ3) is 2.81. The van der Waals surface area contributed by atoms with Gasteiger partial charge in [0.2, 0.25) is 0 Å². The van der Waals surface area contributed by atoms with E-state index in [-0.39, 0.29) is 0 Å². The molecule has 0 heterocycles. The highest BCUT2D eigenvalue weighted by atomic mass is 19.3. The van der Waals surface area contributed by atoms with Crippen molar-refractivity contribution in [2.45, 2.75) is 32.3 Å². The molecule has 0 saturated carbocycles. The molecule has 1 nitrogen and oxygen atoms in total. The zero-order valence-corrected chi connectivity index (χ0v) is 8.09. The normalized spacial score (nSPS) is 15.3. The molecule has 0 saturated heterocycles. The van der Waals surface area contributed by atoms with Crippen LogP contribution in [0.2, 0.25) is 0 Å². The lowest BCUT2D eigenvalue weighted by atomic mass is 9.94. The Morgan fingerprint density at radius 2 is 1.92 bits per heavy atom. The van der Waals surface area contributed by atoms with Crippen LogP contribution in [0.25, 0.3) is 0 Å². The molecule has 0 aliphatic carbocycles. The van der Waals surface area contributed by atoms with Gasteiger partial charge in [0.1, 0.15) is 5.60 Å². The van der Waals surface area contributed by atoms with Gasteiger partial charge in [0, 0.05) is 6.42 Å². The van der Waals surface area contributed by atoms with Crippen LogP contribution in [0, 0.1) is 0 Å². The lowest BCUT2D eigenvalue weighted by Gasteiger charge is -2.22. The molecule has 0 bridgehead atoms. The van der Waals surface area contributed by atoms with E-state index in [1.54, 1.807) is 6.92 Å². The maximum atomic E-state index is 12.2. The molecule has 0 aromatic heterocycles. The number of hydrogen-bond acceptors (Lipinski definition) is 1. The minimum Gasteiger partial charge on any atom is -0.187 e. The maximum absolute atomic E-state index is 12.2. The quantitative estimate of drug-likeness (QED) is 0.694. The first-order valence-electron chi connectivity index (χ1n) is 4.54. The minimum absolute atomic E-state index is 0.612. The summed E-state index contributed by atoms with van der Waals surface area (Å²) in [6.45, 7) is 3.70. The average Bonchev–Trinajstić information content (AvgIpc) is 2.19. The van der Waals surface area contributed by atoms with Crippen LogP contribution < -0.4 is 0 Å². The van der Waals surface area contributed by atoms with Crippen LogP contribution in [0.5, 0.6) is 0 Å². The summed E-state index contributed by atoms with van der Waals surface area (Å²) in [6, 6.07) is 9.80. The van der Waals surface area contributed by atoms with Crippen LogP contribution in [-0.4, -0.2) is 5.60 Å². The Kier molecular flexibility index (Phi) is 3.43. The average molecular weight is 182 g/mol. The van der Waals surface area contributed by atoms with Crippen LogP contribution >= 0.6 is 0 Å². The Bertz CT molecular complexity index is 242. The van der Waals surface area contributed by atoms with E-state index in [4.69, 9.17) is 0 Å². The van der Waals surface area contributed by atoms with E-state index < -0.39 is 5.60 Å². The highest BCUT2D eigenvalue weighted by molar-refractivity contribution is 5.16. The molecule has 1 atom stereocenters. The Morgan fingerprint density at radius 3 is 2.38 bits per heavy atom. The standard InChI is InChI=1S/C11H15FO/c1-3-11(2,13-12)9-10-7-5-4-6-8-10/h4-8H,3,9H2,1-2H3. The van der Waals surface area contributed by atoms with Crippen LogP contribution in [0.1, 0.15) is 25.8 Å². The van der Waals surface area contributed by atoms with Crippen molar-refractivity contribution in [1.29, 1.82) is 0 Å². The molecular formula is C11H15FO. The summed E-state index contributed by atoms with van der Waals surface area (Å²) in [7, 11) is 0. The second kappa shape index (κ2) is 4.38. The first kappa shape index (κ1) is 10.2. The third-order valence-electron chi connectivity index (χ3n) is 2.36. The van der Waals surface area contributed by atoms with Crippen molar-refractivity contribution in [2.24, 2.45) is 0 Å². The highest BCUT2D eigenvalue weighted by Crippen LogP contribution is 2.21. The molecule has 72 valence electrons. The first-order valence-corrected chi connectivity index (χ1v) is 4.54. The summed E-state index contributed by atoms with van der Waals surface area (Å²) in [5.41, 5.74) is 0.422. The molecule has 1 aromatic carbocycles. The summed E-state index contributed by atoms with van der Waals surface area (Å²) in [5.74, 6) is 0. The van der Waals surface area contributed by atoms with E-state index >= 15 is 0 Å². The van der Waals surface area contributed by atoms with Gasteiger partial charge in [0.15, 0.2) is 0 Å². The Hall–Kier alpha value is -0.890. The van der Waals surface area contributed by atoms with Crippen molar-refractivity contribution >= 4 is 0 Å². The second-order valence-electron chi connectivity index (χ2n) is 3.54. The van der Waals surface area contributed by atoms with Gasteiger partial charge < -0.3 is 0 Å². The molecule has 2 heteroatoms. The molecule has 0 N–H and O–H groups in total. The molecule has 1 aromatic rings. The smallest absolute Gasteiger partial charge is 0.110 e. The predicted molar refractivity (Wildman–Crippen MR) is 51.0 cm³/mol. The molecule has 1 rings (SSSR count). The minimum atomic E-state index is -0.679. The Balaban J connectivity index is 2.68. The molecule has 0 aliphatic heterocycles. The fraction of sp³-hybridized carbons (Fsp3) is 0.455. The summed E-state index contributed by atoms with van der Waals surface area (Å²) in [4.78, 5) is 3.99. The van der Waals surface area contributed by atoms with Gasteiger partial charge in [0.25, 0.3) is 0 Å². The van der Waals surface area contributed by atoms with Crippen molar-refractivity contribution in [3.05, 3.63) is 35.9 Å². The fourth-order valence-electron chi connectivity index (χ4n) is 1.23. The monoisotopic (exact) mass is 182 g/mol. The topological polar surface area (TPSA) is 9.23 Å². The SMILES string of the molecule is CCC(C)(Cc1ccccc1)OF. The van der Waals surface area contributed by atoms with Gasteiger partial charge in [0.05, 0.1) is 0 Å². The van der Waals surface area contributed by atoms with E-state index in [2.05, 4.69) is 4.94 Å². The Morgan fingerprint density at radius 1 is 1.31 bits per heavy atom. The second-order valence-corrected chi connectivity index (χ2v) is 3.54. The lowest BCUT2D eigenvalue weighted by Crippen LogP contribution is -2.27. The molecule has 0 radical (unpaired) electrons. The largest absolute Gasteiger partial charge is 0.187 e. The van der Waals surface area contributed by atoms with Gasteiger partial charge in [-0.2, -0.15) is 4.94 Å². The van der Waals surface area contributed by atoms with Gasteiger partial charge in [-0.05, 0) is 23.4 Å². The predicted octanol–water partition coefficient (Wildman–Crippen LogP) is 3.30. The fourth-order valence-corrected chi connectivity index (χ4v) is 1.23. The van der Waals surface area contributed by atoms with Crippen molar-refractivity contribution in [3.8, 4) is 0 Å². The molecule has 13 heavy (non-hydrogen) atoms. The van der Waals surface area contributed by atoms with E-state index in [1.165, 1.54) is 0 Å². The van der Waals surface area contributed by atoms with Crippen molar-refractivity contribution in [3.63, 3.8) is 0 Å². The number of hydrogen-bond donors (Lipinski definition) is 0. The Labute approximate surface area is 78.4 Å². The number of rotatable bonds is 4. The van der Waals surface area contributed by atoms with Gasteiger partial charge in [-0.3, -0.25) is 0 Å². The van der Waals surface area contributed by atoms with Gasteiger partial charge >= 0.3 is 0 Å². The van der Waals surface area contributed by atoms with Crippen molar-refractivity contribution < 1.29 is 9.47 Å². The van der Waals surface area contributed by atoms with E-state index in [1.807, 2.05) is 37.3 Å². The van der Waals surface area contributed by atoms with Crippen LogP contribution in [-0.2, 0) is 11.4 Å². The van der Waals surface area contributed by atoms with Gasteiger partial charge in [-0.1, -0.05) is 37.3 Å². The summed E-state index contributed by atoms with van der Waals surface area (Å²) in [5, 5.41) is 0. The van der Waals surface area contributed by atoms with Gasteiger partial charge in [-0.25, -0.2) is 0 Å². The van der Waals surface area contributed by atoms with E-state index in [9.17, 15) is 4.53 Å². The zero-order chi connectivity index (χ0) is 9.73. The molecule has 1 unspecified atom stereocenters. The molecular weight excluding hydrogens is 167 g/mol. The molecule has 0 spiro atoms. The molecule has 0 fully saturated rings. The number of halogens is 1. The van der Waals surface area contributed by atoms with E-state index in [0.717, 1.165) is 5.56 Å². The van der Waals surface area contributed by atoms with Crippen LogP contribution in [0.3, 0.4) is 0 Å². The summed E-state index contributed by atoms with van der Waals surface area (Å²) < 4.78 is 12.2. The highest BCUT2D eigenvalue weighted by Gasteiger charge is 2.24. The van der Waals surface area contributed by atoms with Gasteiger partial charge in [-0.15, -0.1) is 0 Å². The van der Waals surface area contributed by atoms with Crippen molar-refractivity contribution in [1.82, 2.24) is 0 Å². The van der Waals surface area contributed by atoms with Crippen LogP contribution in [0.15, 0.2) is 30.3 Å². The van der Waals surface area contributed by atoms with E-state index in [0.29, 0.717) is 12.8 Å². The number of benzene rings is 1. The van der Waals surface area contributed by atoms with Crippen molar-refractivity contribution in [2.75, 3.05) is 0 Å². The summed E-state index contributed by atoms with van der Waals surface area (Å²) >= 11 is 0.